The second-order valence-corrected chi connectivity index (χ2v) is 4.22. The van der Waals surface area contributed by atoms with E-state index >= 15 is 0 Å². The standard InChI is InChI=1S/C14H12FN5/c15-12-8-4-7-11(9-16)13(12)20-18-14(17-19-20)10-5-2-1-3-6-10/h1-8H,9,16H2. The Morgan fingerprint density at radius 2 is 1.85 bits per heavy atom. The van der Waals surface area contributed by atoms with Gasteiger partial charge < -0.3 is 5.73 Å². The molecule has 0 amide bonds. The van der Waals surface area contributed by atoms with Gasteiger partial charge in [-0.2, -0.15) is 0 Å². The van der Waals surface area contributed by atoms with Crippen molar-refractivity contribution in [3.63, 3.8) is 0 Å². The third kappa shape index (κ3) is 2.17. The fourth-order valence-corrected chi connectivity index (χ4v) is 1.96. The van der Waals surface area contributed by atoms with Crippen molar-refractivity contribution < 1.29 is 4.39 Å². The molecule has 100 valence electrons. The zero-order valence-corrected chi connectivity index (χ0v) is 10.6. The van der Waals surface area contributed by atoms with Crippen molar-refractivity contribution in [3.8, 4) is 17.1 Å². The number of benzene rings is 2. The molecule has 0 aliphatic carbocycles. The van der Waals surface area contributed by atoms with Crippen LogP contribution in [0.1, 0.15) is 5.56 Å². The molecule has 3 rings (SSSR count). The maximum atomic E-state index is 14.0. The first-order valence-corrected chi connectivity index (χ1v) is 6.13. The molecule has 0 aliphatic heterocycles. The van der Waals surface area contributed by atoms with E-state index in [9.17, 15) is 4.39 Å². The molecule has 2 aromatic carbocycles. The number of rotatable bonds is 3. The lowest BCUT2D eigenvalue weighted by Gasteiger charge is -2.06. The molecule has 3 aromatic rings. The van der Waals surface area contributed by atoms with Gasteiger partial charge in [-0.25, -0.2) is 4.39 Å². The summed E-state index contributed by atoms with van der Waals surface area (Å²) >= 11 is 0. The van der Waals surface area contributed by atoms with Gasteiger partial charge in [0, 0.05) is 12.1 Å². The number of para-hydroxylation sites is 1. The molecule has 6 heteroatoms. The van der Waals surface area contributed by atoms with Crippen LogP contribution in [-0.4, -0.2) is 20.2 Å². The molecule has 1 heterocycles. The summed E-state index contributed by atoms with van der Waals surface area (Å²) in [6.45, 7) is 0.204. The Morgan fingerprint density at radius 1 is 1.05 bits per heavy atom. The molecule has 0 saturated carbocycles. The van der Waals surface area contributed by atoms with Gasteiger partial charge in [-0.1, -0.05) is 42.5 Å². The van der Waals surface area contributed by atoms with Gasteiger partial charge >= 0.3 is 0 Å². The molecule has 0 radical (unpaired) electrons. The van der Waals surface area contributed by atoms with Crippen molar-refractivity contribution in [2.45, 2.75) is 6.54 Å². The number of nitrogens with two attached hydrogens (primary N) is 1. The second kappa shape index (κ2) is 5.18. The zero-order chi connectivity index (χ0) is 13.9. The molecule has 0 bridgehead atoms. The normalized spacial score (nSPS) is 10.7. The van der Waals surface area contributed by atoms with Gasteiger partial charge in [-0.3, -0.25) is 0 Å². The van der Waals surface area contributed by atoms with Crippen LogP contribution in [0.5, 0.6) is 0 Å². The van der Waals surface area contributed by atoms with Crippen LogP contribution in [0.4, 0.5) is 4.39 Å². The van der Waals surface area contributed by atoms with Gasteiger partial charge in [-0.15, -0.1) is 15.0 Å². The largest absolute Gasteiger partial charge is 0.326 e. The smallest absolute Gasteiger partial charge is 0.205 e. The lowest BCUT2D eigenvalue weighted by Crippen LogP contribution is -2.09. The highest BCUT2D eigenvalue weighted by atomic mass is 19.1. The Bertz CT molecular complexity index is 723. The first-order valence-electron chi connectivity index (χ1n) is 6.13. The molecule has 1 aromatic heterocycles. The van der Waals surface area contributed by atoms with Crippen molar-refractivity contribution in [2.75, 3.05) is 0 Å². The quantitative estimate of drug-likeness (QED) is 0.788. The van der Waals surface area contributed by atoms with E-state index in [2.05, 4.69) is 15.4 Å². The van der Waals surface area contributed by atoms with Gasteiger partial charge in [0.05, 0.1) is 0 Å². The van der Waals surface area contributed by atoms with Crippen molar-refractivity contribution in [1.29, 1.82) is 0 Å². The van der Waals surface area contributed by atoms with E-state index in [-0.39, 0.29) is 12.2 Å². The van der Waals surface area contributed by atoms with E-state index in [0.29, 0.717) is 11.4 Å². The van der Waals surface area contributed by atoms with Crippen molar-refractivity contribution >= 4 is 0 Å². The Labute approximate surface area is 114 Å². The van der Waals surface area contributed by atoms with Crippen LogP contribution < -0.4 is 5.73 Å². The predicted octanol–water partition coefficient (Wildman–Crippen LogP) is 1.93. The Balaban J connectivity index is 2.07. The number of hydrogen-bond donors (Lipinski definition) is 1. The molecule has 0 saturated heterocycles. The third-order valence-electron chi connectivity index (χ3n) is 2.94. The summed E-state index contributed by atoms with van der Waals surface area (Å²) in [5.74, 6) is 0.0155. The monoisotopic (exact) mass is 269 g/mol. The second-order valence-electron chi connectivity index (χ2n) is 4.22. The summed E-state index contributed by atoms with van der Waals surface area (Å²) in [5.41, 5.74) is 7.31. The minimum atomic E-state index is -0.426. The van der Waals surface area contributed by atoms with Crippen LogP contribution in [0.2, 0.25) is 0 Å². The van der Waals surface area contributed by atoms with E-state index in [1.807, 2.05) is 30.3 Å². The molecule has 20 heavy (non-hydrogen) atoms. The van der Waals surface area contributed by atoms with Crippen LogP contribution in [0, 0.1) is 5.82 Å². The molecule has 0 spiro atoms. The van der Waals surface area contributed by atoms with Gasteiger partial charge in [0.2, 0.25) is 5.82 Å². The summed E-state index contributed by atoms with van der Waals surface area (Å²) in [5, 5.41) is 12.1. The van der Waals surface area contributed by atoms with E-state index in [4.69, 9.17) is 5.73 Å². The molecule has 0 atom stereocenters. The molecule has 0 fully saturated rings. The zero-order valence-electron chi connectivity index (χ0n) is 10.6. The summed E-state index contributed by atoms with van der Waals surface area (Å²) < 4.78 is 14.0. The summed E-state index contributed by atoms with van der Waals surface area (Å²) in [7, 11) is 0. The fourth-order valence-electron chi connectivity index (χ4n) is 1.96. The number of hydrogen-bond acceptors (Lipinski definition) is 4. The topological polar surface area (TPSA) is 69.6 Å². The first-order chi connectivity index (χ1) is 9.79. The highest BCUT2D eigenvalue weighted by Crippen LogP contribution is 2.18. The number of nitrogens with zero attached hydrogens (tertiary/aromatic N) is 4. The van der Waals surface area contributed by atoms with Crippen LogP contribution >= 0.6 is 0 Å². The molecule has 5 nitrogen and oxygen atoms in total. The first kappa shape index (κ1) is 12.4. The fraction of sp³-hybridized carbons (Fsp3) is 0.0714. The number of tetrazole rings is 1. The SMILES string of the molecule is NCc1cccc(F)c1-n1nnc(-c2ccccc2)n1. The van der Waals surface area contributed by atoms with Crippen molar-refractivity contribution in [3.05, 3.63) is 59.9 Å². The molecule has 0 unspecified atom stereocenters. The minimum absolute atomic E-state index is 0.204. The molecular weight excluding hydrogens is 257 g/mol. The lowest BCUT2D eigenvalue weighted by atomic mass is 10.2. The third-order valence-corrected chi connectivity index (χ3v) is 2.94. The van der Waals surface area contributed by atoms with Gasteiger partial charge in [0.25, 0.3) is 0 Å². The van der Waals surface area contributed by atoms with Gasteiger partial charge in [0.1, 0.15) is 5.69 Å². The van der Waals surface area contributed by atoms with E-state index in [0.717, 1.165) is 5.56 Å². The summed E-state index contributed by atoms with van der Waals surface area (Å²) in [6.07, 6.45) is 0. The summed E-state index contributed by atoms with van der Waals surface area (Å²) in [4.78, 5) is 1.18. The van der Waals surface area contributed by atoms with E-state index < -0.39 is 5.82 Å². The van der Waals surface area contributed by atoms with Crippen LogP contribution in [0.3, 0.4) is 0 Å². The van der Waals surface area contributed by atoms with Crippen LogP contribution in [-0.2, 0) is 6.54 Å². The van der Waals surface area contributed by atoms with E-state index in [1.54, 1.807) is 12.1 Å². The maximum absolute atomic E-state index is 14.0. The Morgan fingerprint density at radius 3 is 2.60 bits per heavy atom. The lowest BCUT2D eigenvalue weighted by molar-refractivity contribution is 0.587. The highest BCUT2D eigenvalue weighted by molar-refractivity contribution is 5.53. The van der Waals surface area contributed by atoms with Crippen LogP contribution in [0.25, 0.3) is 17.1 Å². The number of aromatic nitrogens is 4. The molecular formula is C14H12FN5. The average Bonchev–Trinajstić information content (AvgIpc) is 2.97. The molecule has 0 aliphatic rings. The summed E-state index contributed by atoms with van der Waals surface area (Å²) in [6, 6.07) is 14.1. The van der Waals surface area contributed by atoms with Gasteiger partial charge in [0.15, 0.2) is 5.82 Å². The number of halogens is 1. The predicted molar refractivity (Wildman–Crippen MR) is 72.4 cm³/mol. The Kier molecular flexibility index (Phi) is 3.22. The maximum Gasteiger partial charge on any atom is 0.205 e. The van der Waals surface area contributed by atoms with Crippen molar-refractivity contribution in [2.24, 2.45) is 5.73 Å². The average molecular weight is 269 g/mol. The molecule has 2 N–H and O–H groups in total. The Hall–Kier alpha value is -2.60. The van der Waals surface area contributed by atoms with Crippen molar-refractivity contribution in [1.82, 2.24) is 20.2 Å². The van der Waals surface area contributed by atoms with Crippen LogP contribution in [0.15, 0.2) is 48.5 Å². The van der Waals surface area contributed by atoms with E-state index in [1.165, 1.54) is 10.9 Å². The minimum Gasteiger partial charge on any atom is -0.326 e. The van der Waals surface area contributed by atoms with Gasteiger partial charge in [-0.05, 0) is 16.8 Å². The highest BCUT2D eigenvalue weighted by Gasteiger charge is 2.14.